The van der Waals surface area contributed by atoms with Crippen LogP contribution in [0.3, 0.4) is 0 Å². The number of urea groups is 1. The van der Waals surface area contributed by atoms with Crippen LogP contribution in [0.15, 0.2) is 47.5 Å². The third kappa shape index (κ3) is 4.51. The van der Waals surface area contributed by atoms with Gasteiger partial charge in [0.1, 0.15) is 5.82 Å². The number of nitrogens with one attached hydrogen (secondary N) is 3. The van der Waals surface area contributed by atoms with Crippen molar-refractivity contribution < 1.29 is 13.2 Å². The van der Waals surface area contributed by atoms with Crippen LogP contribution >= 0.6 is 0 Å². The van der Waals surface area contributed by atoms with Gasteiger partial charge in [0, 0.05) is 12.7 Å². The third-order valence-electron chi connectivity index (χ3n) is 3.17. The highest BCUT2D eigenvalue weighted by atomic mass is 32.2. The standard InChI is InChI=1S/C15H18N4O3S/c1-11-5-4-8-17-14(11)19-15(20)18-10-12-6-3-7-13(9-12)23(21,22)16-2/h3-9,16H,10H2,1-2H3,(H2,17,18,19,20). The summed E-state index contributed by atoms with van der Waals surface area (Å²) >= 11 is 0. The Morgan fingerprint density at radius 2 is 2.00 bits per heavy atom. The second-order valence-corrected chi connectivity index (χ2v) is 6.72. The van der Waals surface area contributed by atoms with Crippen LogP contribution < -0.4 is 15.4 Å². The number of hydrogen-bond donors (Lipinski definition) is 3. The number of benzene rings is 1. The Labute approximate surface area is 135 Å². The van der Waals surface area contributed by atoms with E-state index in [0.717, 1.165) is 5.56 Å². The van der Waals surface area contributed by atoms with Crippen LogP contribution in [-0.2, 0) is 16.6 Å². The van der Waals surface area contributed by atoms with Crippen molar-refractivity contribution in [3.8, 4) is 0 Å². The number of anilines is 1. The van der Waals surface area contributed by atoms with Crippen molar-refractivity contribution in [1.29, 1.82) is 0 Å². The number of pyridine rings is 1. The van der Waals surface area contributed by atoms with Gasteiger partial charge in [-0.2, -0.15) is 0 Å². The largest absolute Gasteiger partial charge is 0.334 e. The summed E-state index contributed by atoms with van der Waals surface area (Å²) in [5.74, 6) is 0.483. The summed E-state index contributed by atoms with van der Waals surface area (Å²) in [5.41, 5.74) is 1.53. The molecule has 1 aromatic heterocycles. The van der Waals surface area contributed by atoms with Crippen LogP contribution in [-0.4, -0.2) is 26.5 Å². The summed E-state index contributed by atoms with van der Waals surface area (Å²) in [4.78, 5) is 16.1. The molecule has 0 bridgehead atoms. The number of aryl methyl sites for hydroxylation is 1. The van der Waals surface area contributed by atoms with Gasteiger partial charge in [0.2, 0.25) is 10.0 Å². The predicted molar refractivity (Wildman–Crippen MR) is 87.5 cm³/mol. The lowest BCUT2D eigenvalue weighted by atomic mass is 10.2. The Kier molecular flexibility index (Phi) is 5.30. The van der Waals surface area contributed by atoms with Gasteiger partial charge in [0.15, 0.2) is 0 Å². The maximum Gasteiger partial charge on any atom is 0.320 e. The molecule has 0 saturated carbocycles. The van der Waals surface area contributed by atoms with Gasteiger partial charge in [-0.15, -0.1) is 0 Å². The molecule has 8 heteroatoms. The number of hydrogen-bond acceptors (Lipinski definition) is 4. The first-order valence-corrected chi connectivity index (χ1v) is 8.39. The fourth-order valence-corrected chi connectivity index (χ4v) is 2.69. The van der Waals surface area contributed by atoms with E-state index in [4.69, 9.17) is 0 Å². The zero-order valence-corrected chi connectivity index (χ0v) is 13.6. The van der Waals surface area contributed by atoms with E-state index in [0.29, 0.717) is 11.4 Å². The average molecular weight is 334 g/mol. The highest BCUT2D eigenvalue weighted by Crippen LogP contribution is 2.11. The number of nitrogens with zero attached hydrogens (tertiary/aromatic N) is 1. The molecule has 23 heavy (non-hydrogen) atoms. The molecular formula is C15H18N4O3S. The number of amides is 2. The summed E-state index contributed by atoms with van der Waals surface area (Å²) in [6.07, 6.45) is 1.59. The maximum absolute atomic E-state index is 11.9. The van der Waals surface area contributed by atoms with Crippen LogP contribution in [0.1, 0.15) is 11.1 Å². The van der Waals surface area contributed by atoms with Crippen LogP contribution in [0.5, 0.6) is 0 Å². The predicted octanol–water partition coefficient (Wildman–Crippen LogP) is 1.62. The fraction of sp³-hybridized carbons (Fsp3) is 0.200. The van der Waals surface area contributed by atoms with E-state index < -0.39 is 16.1 Å². The van der Waals surface area contributed by atoms with Gasteiger partial charge >= 0.3 is 6.03 Å². The van der Waals surface area contributed by atoms with Gasteiger partial charge in [-0.1, -0.05) is 18.2 Å². The van der Waals surface area contributed by atoms with E-state index in [1.165, 1.54) is 19.2 Å². The molecule has 0 radical (unpaired) electrons. The van der Waals surface area contributed by atoms with Crippen LogP contribution in [0, 0.1) is 6.92 Å². The lowest BCUT2D eigenvalue weighted by Crippen LogP contribution is -2.29. The van der Waals surface area contributed by atoms with Crippen LogP contribution in [0.25, 0.3) is 0 Å². The van der Waals surface area contributed by atoms with Gasteiger partial charge in [-0.05, 0) is 43.3 Å². The second kappa shape index (κ2) is 7.21. The van der Waals surface area contributed by atoms with E-state index in [9.17, 15) is 13.2 Å². The molecule has 2 amide bonds. The van der Waals surface area contributed by atoms with E-state index in [1.807, 2.05) is 13.0 Å². The zero-order chi connectivity index (χ0) is 16.9. The van der Waals surface area contributed by atoms with Gasteiger partial charge < -0.3 is 5.32 Å². The lowest BCUT2D eigenvalue weighted by molar-refractivity contribution is 0.251. The maximum atomic E-state index is 11.9. The smallest absolute Gasteiger partial charge is 0.320 e. The first kappa shape index (κ1) is 16.9. The van der Waals surface area contributed by atoms with Crippen molar-refractivity contribution in [2.75, 3.05) is 12.4 Å². The topological polar surface area (TPSA) is 100 Å². The van der Waals surface area contributed by atoms with E-state index in [1.54, 1.807) is 24.4 Å². The first-order chi connectivity index (χ1) is 10.9. The SMILES string of the molecule is CNS(=O)(=O)c1cccc(CNC(=O)Nc2ncccc2C)c1. The summed E-state index contributed by atoms with van der Waals surface area (Å²) in [6.45, 7) is 2.04. The summed E-state index contributed by atoms with van der Waals surface area (Å²) in [7, 11) is -2.15. The Morgan fingerprint density at radius 1 is 1.22 bits per heavy atom. The minimum atomic E-state index is -3.50. The molecule has 2 aromatic rings. The summed E-state index contributed by atoms with van der Waals surface area (Å²) in [6, 6.07) is 9.59. The quantitative estimate of drug-likeness (QED) is 0.773. The number of carbonyl (C=O) groups is 1. The monoisotopic (exact) mass is 334 g/mol. The van der Waals surface area contributed by atoms with E-state index in [2.05, 4.69) is 20.3 Å². The molecule has 0 aliphatic carbocycles. The van der Waals surface area contributed by atoms with Crippen molar-refractivity contribution in [3.63, 3.8) is 0 Å². The van der Waals surface area contributed by atoms with Gasteiger partial charge in [0.25, 0.3) is 0 Å². The molecule has 0 spiro atoms. The van der Waals surface area contributed by atoms with Crippen molar-refractivity contribution in [1.82, 2.24) is 15.0 Å². The number of aromatic nitrogens is 1. The average Bonchev–Trinajstić information content (AvgIpc) is 2.55. The highest BCUT2D eigenvalue weighted by molar-refractivity contribution is 7.89. The molecule has 3 N–H and O–H groups in total. The minimum Gasteiger partial charge on any atom is -0.334 e. The third-order valence-corrected chi connectivity index (χ3v) is 4.58. The minimum absolute atomic E-state index is 0.153. The van der Waals surface area contributed by atoms with Crippen molar-refractivity contribution in [3.05, 3.63) is 53.7 Å². The normalized spacial score (nSPS) is 11.0. The first-order valence-electron chi connectivity index (χ1n) is 6.91. The van der Waals surface area contributed by atoms with Gasteiger partial charge in [-0.25, -0.2) is 22.9 Å². The lowest BCUT2D eigenvalue weighted by Gasteiger charge is -2.09. The Balaban J connectivity index is 2.00. The van der Waals surface area contributed by atoms with Crippen molar-refractivity contribution >= 4 is 21.9 Å². The molecule has 0 saturated heterocycles. The molecule has 0 aliphatic heterocycles. The van der Waals surface area contributed by atoms with Crippen molar-refractivity contribution in [2.24, 2.45) is 0 Å². The Hall–Kier alpha value is -2.45. The molecule has 122 valence electrons. The number of sulfonamides is 1. The molecule has 1 heterocycles. The van der Waals surface area contributed by atoms with Gasteiger partial charge in [-0.3, -0.25) is 5.32 Å². The number of rotatable bonds is 5. The second-order valence-electron chi connectivity index (χ2n) is 4.83. The molecule has 0 unspecified atom stereocenters. The van der Waals surface area contributed by atoms with Gasteiger partial charge in [0.05, 0.1) is 4.90 Å². The molecule has 0 atom stereocenters. The van der Waals surface area contributed by atoms with Crippen LogP contribution in [0.2, 0.25) is 0 Å². The summed E-state index contributed by atoms with van der Waals surface area (Å²) in [5, 5.41) is 5.31. The molecule has 1 aromatic carbocycles. The number of carbonyl (C=O) groups excluding carboxylic acids is 1. The molecule has 2 rings (SSSR count). The molecule has 7 nitrogen and oxygen atoms in total. The summed E-state index contributed by atoms with van der Waals surface area (Å²) < 4.78 is 25.8. The van der Waals surface area contributed by atoms with E-state index >= 15 is 0 Å². The Morgan fingerprint density at radius 3 is 2.70 bits per heavy atom. The molecule has 0 fully saturated rings. The Bertz CT molecular complexity index is 806. The fourth-order valence-electron chi connectivity index (χ4n) is 1.89. The highest BCUT2D eigenvalue weighted by Gasteiger charge is 2.11. The van der Waals surface area contributed by atoms with E-state index in [-0.39, 0.29) is 11.4 Å². The van der Waals surface area contributed by atoms with Crippen molar-refractivity contribution in [2.45, 2.75) is 18.4 Å². The molecule has 0 aliphatic rings. The van der Waals surface area contributed by atoms with Crippen LogP contribution in [0.4, 0.5) is 10.6 Å². The molecular weight excluding hydrogens is 316 g/mol. The zero-order valence-electron chi connectivity index (χ0n) is 12.8.